The zero-order chi connectivity index (χ0) is 59.8. The molecule has 10 rings (SSSR count). The molecular weight excluding hydrogens is 1070 g/mol. The van der Waals surface area contributed by atoms with Crippen molar-refractivity contribution in [2.75, 3.05) is 0 Å². The first kappa shape index (κ1) is 72.9. The Hall–Kier alpha value is -5.15. The molecule has 0 aromatic carbocycles. The lowest BCUT2D eigenvalue weighted by Crippen LogP contribution is -2.01. The van der Waals surface area contributed by atoms with Gasteiger partial charge in [0.05, 0.1) is 35.9 Å². The van der Waals surface area contributed by atoms with Gasteiger partial charge in [0.2, 0.25) is 0 Å². The summed E-state index contributed by atoms with van der Waals surface area (Å²) in [6.07, 6.45) is 26.4. The molecule has 0 atom stereocenters. The number of nitrogens with zero attached hydrogens (tertiary/aromatic N) is 6. The van der Waals surface area contributed by atoms with Gasteiger partial charge in [0, 0.05) is 69.1 Å². The Morgan fingerprint density at radius 3 is 1.32 bits per heavy atom. The van der Waals surface area contributed by atoms with Crippen LogP contribution < -0.4 is 0 Å². The second kappa shape index (κ2) is 43.6. The Labute approximate surface area is 501 Å². The lowest BCUT2D eigenvalue weighted by molar-refractivity contribution is 0.396. The molecule has 14 heteroatoms. The minimum atomic E-state index is 0.529. The van der Waals surface area contributed by atoms with Crippen LogP contribution in [0.3, 0.4) is 0 Å². The smallest absolute Gasteiger partial charge is 0.127 e. The molecule has 1 aliphatic rings. The van der Waals surface area contributed by atoms with Crippen molar-refractivity contribution in [3.05, 3.63) is 181 Å². The van der Waals surface area contributed by atoms with E-state index in [1.54, 1.807) is 65.2 Å². The van der Waals surface area contributed by atoms with Crippen molar-refractivity contribution >= 4 is 45.3 Å². The third-order valence-electron chi connectivity index (χ3n) is 12.6. The zero-order valence-corrected chi connectivity index (χ0v) is 55.9. The molecule has 1 aliphatic carbocycles. The number of aromatic amines is 2. The Kier molecular flexibility index (Phi) is 39.7. The molecule has 0 bridgehead atoms. The van der Waals surface area contributed by atoms with Gasteiger partial charge in [-0.15, -0.1) is 34.0 Å². The molecule has 0 amide bonds. The van der Waals surface area contributed by atoms with E-state index < -0.39 is 0 Å². The highest BCUT2D eigenvalue weighted by molar-refractivity contribution is 7.10. The van der Waals surface area contributed by atoms with Crippen LogP contribution in [0.15, 0.2) is 147 Å². The Morgan fingerprint density at radius 1 is 0.525 bits per heavy atom. The van der Waals surface area contributed by atoms with Crippen molar-refractivity contribution in [1.29, 1.82) is 0 Å². The van der Waals surface area contributed by atoms with Crippen LogP contribution in [0.2, 0.25) is 0 Å². The minimum absolute atomic E-state index is 0.529. The lowest BCUT2D eigenvalue weighted by atomic mass is 9.95. The molecule has 2 N–H and O–H groups in total. The molecule has 1 fully saturated rings. The SMILES string of the molecule is CC(C)C1CCCC1.CC(C)c1cccs1.CC(C)c1ccn[nH]1.CC(C)c1ccoc1.CC(C)c1ccsc1.CC(C)c1cn[nH]c1.CC(C)c1cncs1.CC(C)c1cncs1.CC(C)c1cnoc1.CC(C)n1cccc1. The predicted molar refractivity (Wildman–Crippen MR) is 350 cm³/mol. The number of hydrogen-bond acceptors (Lipinski definition) is 11. The predicted octanol–water partition coefficient (Wildman–Crippen LogP) is 22.4. The lowest BCUT2D eigenvalue weighted by Gasteiger charge is -2.11. The maximum absolute atomic E-state index is 4.88. The van der Waals surface area contributed by atoms with Gasteiger partial charge in [0.1, 0.15) is 6.26 Å². The number of furan rings is 1. The zero-order valence-electron chi connectivity index (χ0n) is 52.6. The number of hydrogen-bond donors (Lipinski definition) is 2. The number of nitrogens with one attached hydrogen (secondary N) is 2. The molecule has 1 saturated carbocycles. The van der Waals surface area contributed by atoms with Crippen LogP contribution in [0, 0.1) is 11.8 Å². The summed E-state index contributed by atoms with van der Waals surface area (Å²) in [6.45, 7) is 43.6. The number of thiophene rings is 2. The van der Waals surface area contributed by atoms with Crippen LogP contribution in [0.1, 0.15) is 260 Å². The Bertz CT molecular complexity index is 2000. The molecule has 0 radical (unpaired) electrons. The average Bonchev–Trinajstić information content (AvgIpc) is 4.28. The molecule has 9 heterocycles. The molecule has 80 heavy (non-hydrogen) atoms. The van der Waals surface area contributed by atoms with Gasteiger partial charge >= 0.3 is 0 Å². The summed E-state index contributed by atoms with van der Waals surface area (Å²) < 4.78 is 11.7. The van der Waals surface area contributed by atoms with E-state index in [1.807, 2.05) is 71.4 Å². The molecular formula is C66H104N8O2S4. The van der Waals surface area contributed by atoms with Gasteiger partial charge in [0.25, 0.3) is 0 Å². The maximum atomic E-state index is 4.88. The number of aromatic nitrogens is 8. The van der Waals surface area contributed by atoms with Gasteiger partial charge in [0.15, 0.2) is 0 Å². The van der Waals surface area contributed by atoms with Gasteiger partial charge in [-0.05, 0) is 142 Å². The van der Waals surface area contributed by atoms with Crippen molar-refractivity contribution in [1.82, 2.24) is 40.1 Å². The van der Waals surface area contributed by atoms with E-state index in [4.69, 9.17) is 4.42 Å². The number of rotatable bonds is 10. The fourth-order valence-corrected chi connectivity index (χ4v) is 9.67. The second-order valence-corrected chi connectivity index (χ2v) is 26.3. The summed E-state index contributed by atoms with van der Waals surface area (Å²) in [5.41, 5.74) is 10.1. The average molecular weight is 1170 g/mol. The molecule has 0 aliphatic heterocycles. The second-order valence-electron chi connectivity index (χ2n) is 22.7. The third-order valence-corrected chi connectivity index (χ3v) is 16.6. The van der Waals surface area contributed by atoms with Crippen LogP contribution in [-0.2, 0) is 0 Å². The van der Waals surface area contributed by atoms with E-state index in [-0.39, 0.29) is 0 Å². The van der Waals surface area contributed by atoms with E-state index in [1.165, 1.54) is 62.7 Å². The van der Waals surface area contributed by atoms with Gasteiger partial charge in [-0.2, -0.15) is 21.5 Å². The molecule has 10 nitrogen and oxygen atoms in total. The summed E-state index contributed by atoms with van der Waals surface area (Å²) >= 11 is 7.04. The first-order valence-electron chi connectivity index (χ1n) is 28.9. The van der Waals surface area contributed by atoms with Crippen molar-refractivity contribution in [3.8, 4) is 0 Å². The Balaban J connectivity index is 0.000000444. The largest absolute Gasteiger partial charge is 0.472 e. The summed E-state index contributed by atoms with van der Waals surface area (Å²) in [5.74, 6) is 6.97. The van der Waals surface area contributed by atoms with Crippen molar-refractivity contribution in [2.24, 2.45) is 11.8 Å². The molecule has 0 unspecified atom stereocenters. The fraction of sp³-hybridized carbons (Fsp3) is 0.530. The van der Waals surface area contributed by atoms with Crippen LogP contribution >= 0.6 is 45.3 Å². The van der Waals surface area contributed by atoms with Crippen molar-refractivity contribution < 1.29 is 8.94 Å². The van der Waals surface area contributed by atoms with Crippen molar-refractivity contribution in [3.63, 3.8) is 0 Å². The topological polar surface area (TPSA) is 127 Å². The van der Waals surface area contributed by atoms with Crippen LogP contribution in [0.5, 0.6) is 0 Å². The van der Waals surface area contributed by atoms with E-state index in [0.717, 1.165) is 17.4 Å². The molecule has 9 aromatic rings. The first-order chi connectivity index (χ1) is 38.0. The normalized spacial score (nSPS) is 11.6. The number of thiazole rings is 2. The molecule has 9 aromatic heterocycles. The van der Waals surface area contributed by atoms with Crippen LogP contribution in [0.25, 0.3) is 0 Å². The highest BCUT2D eigenvalue weighted by Crippen LogP contribution is 2.30. The van der Waals surface area contributed by atoms with Crippen molar-refractivity contribution in [2.45, 2.75) is 218 Å². The summed E-state index contributed by atoms with van der Waals surface area (Å²) in [6, 6.07) is 15.1. The Morgan fingerprint density at radius 2 is 1.10 bits per heavy atom. The van der Waals surface area contributed by atoms with Gasteiger partial charge in [-0.3, -0.25) is 20.2 Å². The monoisotopic (exact) mass is 1170 g/mol. The van der Waals surface area contributed by atoms with E-state index in [0.29, 0.717) is 53.4 Å². The first-order valence-corrected chi connectivity index (χ1v) is 32.5. The quantitative estimate of drug-likeness (QED) is 0.140. The molecule has 444 valence electrons. The highest BCUT2D eigenvalue weighted by Gasteiger charge is 2.17. The third kappa shape index (κ3) is 34.2. The van der Waals surface area contributed by atoms with Crippen LogP contribution in [-0.4, -0.2) is 40.1 Å². The standard InChI is InChI=1S/C8H16.C7H11N.C7H10O.2C7H10S.2C6H10N2.C6H9NO.2C6H9NS/c2*1-7(2)8-5-3-4-6-8;2*1-6(2)7-3-4-8-5-7;1-6(2)7-4-3-5-8-7;1-5(2)6-3-7-8-4-6;1-5(2)6-3-4-7-8-6;1-5(2)6-3-7-8-4-6;2*1-5(2)6-3-7-4-8-6/h7-8H,3-6H2,1-2H3;3-7H,1-2H3;3*3-6H,1-2H3;2*3-5H,1-2H3,(H,7,8);3*3-5H,1-2H3. The molecule has 0 spiro atoms. The minimum Gasteiger partial charge on any atom is -0.472 e. The molecule has 0 saturated heterocycles. The summed E-state index contributed by atoms with van der Waals surface area (Å²) in [7, 11) is 0. The number of H-pyrrole nitrogens is 2. The fourth-order valence-electron chi connectivity index (χ4n) is 6.83. The van der Waals surface area contributed by atoms with Gasteiger partial charge in [-0.25, -0.2) is 0 Å². The van der Waals surface area contributed by atoms with E-state index in [2.05, 4.69) is 230 Å². The van der Waals surface area contributed by atoms with E-state index in [9.17, 15) is 0 Å². The highest BCUT2D eigenvalue weighted by atomic mass is 32.1. The summed E-state index contributed by atoms with van der Waals surface area (Å²) in [4.78, 5) is 12.1. The van der Waals surface area contributed by atoms with Gasteiger partial charge < -0.3 is 13.5 Å². The summed E-state index contributed by atoms with van der Waals surface area (Å²) in [5, 5.41) is 23.3. The van der Waals surface area contributed by atoms with E-state index >= 15 is 0 Å². The maximum Gasteiger partial charge on any atom is 0.127 e. The van der Waals surface area contributed by atoms with Crippen LogP contribution in [0.4, 0.5) is 0 Å². The van der Waals surface area contributed by atoms with Gasteiger partial charge in [-0.1, -0.05) is 162 Å².